The van der Waals surface area contributed by atoms with Gasteiger partial charge in [0.2, 0.25) is 0 Å². The Balaban J connectivity index is 2.68. The van der Waals surface area contributed by atoms with E-state index >= 15 is 0 Å². The van der Waals surface area contributed by atoms with E-state index in [2.05, 4.69) is 49.5 Å². The van der Waals surface area contributed by atoms with Gasteiger partial charge < -0.3 is 10.1 Å². The molecular formula is C17H29NO. The molecule has 0 spiro atoms. The molecule has 0 saturated heterocycles. The summed E-state index contributed by atoms with van der Waals surface area (Å²) < 4.78 is 5.76. The maximum atomic E-state index is 5.76. The van der Waals surface area contributed by atoms with Gasteiger partial charge >= 0.3 is 0 Å². The molecule has 1 N–H and O–H groups in total. The molecule has 0 heterocycles. The highest BCUT2D eigenvalue weighted by atomic mass is 16.5. The van der Waals surface area contributed by atoms with E-state index in [0.29, 0.717) is 6.04 Å². The molecule has 1 aromatic carbocycles. The van der Waals surface area contributed by atoms with Crippen molar-refractivity contribution in [3.05, 3.63) is 35.9 Å². The second kappa shape index (κ2) is 9.99. The van der Waals surface area contributed by atoms with Crippen LogP contribution in [0.1, 0.15) is 57.6 Å². The van der Waals surface area contributed by atoms with Crippen molar-refractivity contribution in [1.82, 2.24) is 5.32 Å². The zero-order valence-electron chi connectivity index (χ0n) is 12.7. The lowest BCUT2D eigenvalue weighted by Gasteiger charge is -2.27. The Labute approximate surface area is 118 Å². The Kier molecular flexibility index (Phi) is 8.52. The normalized spacial score (nSPS) is 14.3. The molecule has 1 rings (SSSR count). The highest BCUT2D eigenvalue weighted by molar-refractivity contribution is 5.19. The van der Waals surface area contributed by atoms with E-state index in [1.54, 1.807) is 0 Å². The first-order chi connectivity index (χ1) is 9.33. The van der Waals surface area contributed by atoms with E-state index in [9.17, 15) is 0 Å². The van der Waals surface area contributed by atoms with Gasteiger partial charge in [-0.25, -0.2) is 0 Å². The van der Waals surface area contributed by atoms with Gasteiger partial charge in [0.15, 0.2) is 0 Å². The number of rotatable bonds is 10. The third-order valence-corrected chi connectivity index (χ3v) is 3.52. The summed E-state index contributed by atoms with van der Waals surface area (Å²) >= 11 is 0. The van der Waals surface area contributed by atoms with Crippen molar-refractivity contribution < 1.29 is 4.74 Å². The number of hydrogen-bond acceptors (Lipinski definition) is 2. The molecule has 2 unspecified atom stereocenters. The average Bonchev–Trinajstić information content (AvgIpc) is 2.46. The number of methoxy groups -OCH3 is 1. The van der Waals surface area contributed by atoms with Gasteiger partial charge in [-0.1, -0.05) is 63.4 Å². The molecule has 0 radical (unpaired) electrons. The smallest absolute Gasteiger partial charge is 0.0973 e. The third kappa shape index (κ3) is 5.75. The van der Waals surface area contributed by atoms with Crippen LogP contribution >= 0.6 is 0 Å². The Bertz CT molecular complexity index is 312. The molecular weight excluding hydrogens is 234 g/mol. The number of hydrogen-bond donors (Lipinski definition) is 1. The van der Waals surface area contributed by atoms with Gasteiger partial charge in [0, 0.05) is 13.2 Å². The average molecular weight is 263 g/mol. The van der Waals surface area contributed by atoms with Crippen LogP contribution < -0.4 is 5.32 Å². The summed E-state index contributed by atoms with van der Waals surface area (Å²) in [6, 6.07) is 11.0. The van der Waals surface area contributed by atoms with Gasteiger partial charge in [0.05, 0.1) is 6.10 Å². The third-order valence-electron chi connectivity index (χ3n) is 3.52. The molecule has 108 valence electrons. The lowest BCUT2D eigenvalue weighted by atomic mass is 9.97. The van der Waals surface area contributed by atoms with Crippen LogP contribution in [-0.4, -0.2) is 19.7 Å². The Morgan fingerprint density at radius 1 is 1.05 bits per heavy atom. The molecule has 2 heteroatoms. The predicted octanol–water partition coefficient (Wildman–Crippen LogP) is 4.32. The SMILES string of the molecule is CCCCCC(NCCC)C(OC)c1ccccc1. The summed E-state index contributed by atoms with van der Waals surface area (Å²) in [6.07, 6.45) is 6.34. The second-order valence-corrected chi connectivity index (χ2v) is 5.12. The maximum absolute atomic E-state index is 5.76. The van der Waals surface area contributed by atoms with E-state index < -0.39 is 0 Å². The predicted molar refractivity (Wildman–Crippen MR) is 82.4 cm³/mol. The minimum absolute atomic E-state index is 0.157. The van der Waals surface area contributed by atoms with Crippen LogP contribution in [0.3, 0.4) is 0 Å². The minimum atomic E-state index is 0.157. The highest BCUT2D eigenvalue weighted by Gasteiger charge is 2.21. The first-order valence-corrected chi connectivity index (χ1v) is 7.64. The van der Waals surface area contributed by atoms with E-state index in [-0.39, 0.29) is 6.10 Å². The molecule has 0 aliphatic carbocycles. The van der Waals surface area contributed by atoms with Gasteiger partial charge in [0.25, 0.3) is 0 Å². The van der Waals surface area contributed by atoms with Crippen molar-refractivity contribution in [2.24, 2.45) is 0 Å². The highest BCUT2D eigenvalue weighted by Crippen LogP contribution is 2.24. The minimum Gasteiger partial charge on any atom is -0.375 e. The monoisotopic (exact) mass is 263 g/mol. The number of ether oxygens (including phenoxy) is 1. The Morgan fingerprint density at radius 3 is 2.37 bits per heavy atom. The standard InChI is InChI=1S/C17H29NO/c1-4-6-8-13-16(18-14-5-2)17(19-3)15-11-9-7-10-12-15/h7,9-12,16-18H,4-6,8,13-14H2,1-3H3. The van der Waals surface area contributed by atoms with Crippen molar-refractivity contribution in [3.8, 4) is 0 Å². The van der Waals surface area contributed by atoms with Crippen molar-refractivity contribution in [3.63, 3.8) is 0 Å². The summed E-state index contributed by atoms with van der Waals surface area (Å²) in [6.45, 7) is 5.52. The van der Waals surface area contributed by atoms with Crippen LogP contribution in [0, 0.1) is 0 Å². The van der Waals surface area contributed by atoms with Gasteiger partial charge in [-0.3, -0.25) is 0 Å². The van der Waals surface area contributed by atoms with E-state index in [1.165, 1.54) is 31.2 Å². The zero-order valence-corrected chi connectivity index (χ0v) is 12.7. The Morgan fingerprint density at radius 2 is 1.79 bits per heavy atom. The molecule has 0 amide bonds. The van der Waals surface area contributed by atoms with Crippen LogP contribution in [0.4, 0.5) is 0 Å². The molecule has 19 heavy (non-hydrogen) atoms. The fourth-order valence-corrected chi connectivity index (χ4v) is 2.48. The van der Waals surface area contributed by atoms with Crippen molar-refractivity contribution in [1.29, 1.82) is 0 Å². The van der Waals surface area contributed by atoms with Crippen LogP contribution in [-0.2, 0) is 4.74 Å². The maximum Gasteiger partial charge on any atom is 0.0973 e. The largest absolute Gasteiger partial charge is 0.375 e. The summed E-state index contributed by atoms with van der Waals surface area (Å²) in [5.74, 6) is 0. The molecule has 1 aromatic rings. The fraction of sp³-hybridized carbons (Fsp3) is 0.647. The quantitative estimate of drug-likeness (QED) is 0.635. The number of benzene rings is 1. The lowest BCUT2D eigenvalue weighted by Crippen LogP contribution is -2.36. The van der Waals surface area contributed by atoms with Gasteiger partial charge in [0.1, 0.15) is 0 Å². The lowest BCUT2D eigenvalue weighted by molar-refractivity contribution is 0.0640. The van der Waals surface area contributed by atoms with Gasteiger partial charge in [-0.15, -0.1) is 0 Å². The molecule has 0 aromatic heterocycles. The van der Waals surface area contributed by atoms with Crippen molar-refractivity contribution >= 4 is 0 Å². The van der Waals surface area contributed by atoms with E-state index in [4.69, 9.17) is 4.74 Å². The molecule has 0 bridgehead atoms. The van der Waals surface area contributed by atoms with Crippen LogP contribution in [0.2, 0.25) is 0 Å². The zero-order chi connectivity index (χ0) is 13.9. The summed E-state index contributed by atoms with van der Waals surface area (Å²) in [4.78, 5) is 0. The second-order valence-electron chi connectivity index (χ2n) is 5.12. The number of unbranched alkanes of at least 4 members (excludes halogenated alkanes) is 2. The van der Waals surface area contributed by atoms with Crippen molar-refractivity contribution in [2.45, 2.75) is 58.1 Å². The van der Waals surface area contributed by atoms with Crippen LogP contribution in [0.25, 0.3) is 0 Å². The number of nitrogens with one attached hydrogen (secondary N) is 1. The fourth-order valence-electron chi connectivity index (χ4n) is 2.48. The molecule has 0 fully saturated rings. The topological polar surface area (TPSA) is 21.3 Å². The molecule has 2 nitrogen and oxygen atoms in total. The summed E-state index contributed by atoms with van der Waals surface area (Å²) in [5, 5.41) is 3.65. The summed E-state index contributed by atoms with van der Waals surface area (Å²) in [7, 11) is 1.82. The summed E-state index contributed by atoms with van der Waals surface area (Å²) in [5.41, 5.74) is 1.27. The Hall–Kier alpha value is -0.860. The van der Waals surface area contributed by atoms with Gasteiger partial charge in [-0.2, -0.15) is 0 Å². The molecule has 0 saturated carbocycles. The first-order valence-electron chi connectivity index (χ1n) is 7.64. The molecule has 2 atom stereocenters. The first kappa shape index (κ1) is 16.2. The van der Waals surface area contributed by atoms with Gasteiger partial charge in [-0.05, 0) is 24.9 Å². The van der Waals surface area contributed by atoms with Crippen molar-refractivity contribution in [2.75, 3.05) is 13.7 Å². The van der Waals surface area contributed by atoms with Crippen LogP contribution in [0.5, 0.6) is 0 Å². The molecule has 0 aliphatic heterocycles. The van der Waals surface area contributed by atoms with E-state index in [0.717, 1.165) is 13.0 Å². The molecule has 0 aliphatic rings. The van der Waals surface area contributed by atoms with Crippen LogP contribution in [0.15, 0.2) is 30.3 Å². The van der Waals surface area contributed by atoms with E-state index in [1.807, 2.05) is 7.11 Å².